The van der Waals surface area contributed by atoms with E-state index in [1.165, 1.54) is 20.9 Å². The minimum atomic E-state index is -3.88. The van der Waals surface area contributed by atoms with Crippen LogP contribution in [-0.4, -0.2) is 37.4 Å². The summed E-state index contributed by atoms with van der Waals surface area (Å²) >= 11 is 6.06. The molecule has 1 N–H and O–H groups in total. The molecule has 2 aromatic rings. The van der Waals surface area contributed by atoms with E-state index in [1.807, 2.05) is 6.92 Å². The van der Waals surface area contributed by atoms with Crippen molar-refractivity contribution in [2.24, 2.45) is 0 Å². The fourth-order valence-corrected chi connectivity index (χ4v) is 3.89. The van der Waals surface area contributed by atoms with Crippen molar-refractivity contribution in [3.05, 3.63) is 40.2 Å². The Hall–Kier alpha value is -1.90. The van der Waals surface area contributed by atoms with Gasteiger partial charge in [0.1, 0.15) is 10.6 Å². The van der Waals surface area contributed by atoms with E-state index in [1.54, 1.807) is 18.2 Å². The fourth-order valence-electron chi connectivity index (χ4n) is 2.20. The molecule has 9 heteroatoms. The van der Waals surface area contributed by atoms with Gasteiger partial charge in [-0.15, -0.1) is 0 Å². The number of sulfonamides is 1. The first kappa shape index (κ1) is 18.4. The molecular formula is C15H18ClN3O4S. The van der Waals surface area contributed by atoms with Crippen molar-refractivity contribution in [1.82, 2.24) is 9.46 Å². The molecule has 24 heavy (non-hydrogen) atoms. The van der Waals surface area contributed by atoms with Gasteiger partial charge in [0.25, 0.3) is 0 Å². The van der Waals surface area contributed by atoms with Gasteiger partial charge in [-0.25, -0.2) is 8.42 Å². The van der Waals surface area contributed by atoms with E-state index in [-0.39, 0.29) is 22.9 Å². The Labute approximate surface area is 145 Å². The first-order valence-corrected chi connectivity index (χ1v) is 8.90. The van der Waals surface area contributed by atoms with Crippen LogP contribution in [0.15, 0.2) is 27.6 Å². The average Bonchev–Trinajstić information content (AvgIpc) is 2.81. The predicted molar refractivity (Wildman–Crippen MR) is 90.6 cm³/mol. The van der Waals surface area contributed by atoms with Crippen LogP contribution in [0.25, 0.3) is 0 Å². The maximum Gasteiger partial charge on any atom is 0.248 e. The summed E-state index contributed by atoms with van der Waals surface area (Å²) in [6.45, 7) is 4.55. The van der Waals surface area contributed by atoms with Gasteiger partial charge in [0.05, 0.1) is 17.3 Å². The topological polar surface area (TPSA) is 92.5 Å². The smallest absolute Gasteiger partial charge is 0.248 e. The van der Waals surface area contributed by atoms with Gasteiger partial charge in [-0.3, -0.25) is 4.79 Å². The number of carbonyl (C=O) groups is 1. The number of aromatic nitrogens is 1. The van der Waals surface area contributed by atoms with Crippen molar-refractivity contribution in [2.75, 3.05) is 18.9 Å². The molecule has 7 nitrogen and oxygen atoms in total. The van der Waals surface area contributed by atoms with Crippen molar-refractivity contribution < 1.29 is 17.7 Å². The highest BCUT2D eigenvalue weighted by Gasteiger charge is 2.29. The second-order valence-corrected chi connectivity index (χ2v) is 7.83. The van der Waals surface area contributed by atoms with Gasteiger partial charge in [-0.2, -0.15) is 4.31 Å². The van der Waals surface area contributed by atoms with E-state index >= 15 is 0 Å². The van der Waals surface area contributed by atoms with E-state index in [2.05, 4.69) is 10.5 Å². The van der Waals surface area contributed by atoms with Gasteiger partial charge in [0.2, 0.25) is 15.9 Å². The molecule has 0 aliphatic heterocycles. The van der Waals surface area contributed by atoms with Crippen LogP contribution >= 0.6 is 11.6 Å². The molecule has 0 spiro atoms. The maximum absolute atomic E-state index is 12.6. The second-order valence-electron chi connectivity index (χ2n) is 5.45. The monoisotopic (exact) mass is 371 g/mol. The fraction of sp³-hybridized carbons (Fsp3) is 0.333. The number of halogens is 1. The lowest BCUT2D eigenvalue weighted by Crippen LogP contribution is -2.35. The third-order valence-electron chi connectivity index (χ3n) is 3.40. The van der Waals surface area contributed by atoms with Crippen LogP contribution in [0.3, 0.4) is 0 Å². The Bertz CT molecular complexity index is 857. The first-order chi connectivity index (χ1) is 11.1. The molecule has 0 saturated heterocycles. The van der Waals surface area contributed by atoms with Crippen LogP contribution < -0.4 is 5.32 Å². The van der Waals surface area contributed by atoms with Crippen LogP contribution in [0.1, 0.15) is 17.0 Å². The number of benzene rings is 1. The van der Waals surface area contributed by atoms with Gasteiger partial charge < -0.3 is 9.84 Å². The normalized spacial score (nSPS) is 11.8. The third-order valence-corrected chi connectivity index (χ3v) is 5.76. The number of anilines is 1. The second kappa shape index (κ2) is 6.92. The molecule has 0 fully saturated rings. The highest BCUT2D eigenvalue weighted by molar-refractivity contribution is 7.89. The van der Waals surface area contributed by atoms with E-state index in [4.69, 9.17) is 16.1 Å². The number of hydrogen-bond donors (Lipinski definition) is 1. The Kier molecular flexibility index (Phi) is 5.32. The molecule has 1 aromatic heterocycles. The summed E-state index contributed by atoms with van der Waals surface area (Å²) < 4.78 is 30.9. The van der Waals surface area contributed by atoms with Crippen LogP contribution in [0, 0.1) is 20.8 Å². The van der Waals surface area contributed by atoms with E-state index in [0.29, 0.717) is 10.7 Å². The van der Waals surface area contributed by atoms with Crippen LogP contribution in [0.5, 0.6) is 0 Å². The quantitative estimate of drug-likeness (QED) is 0.871. The largest absolute Gasteiger partial charge is 0.360 e. The minimum absolute atomic E-state index is 0.0221. The summed E-state index contributed by atoms with van der Waals surface area (Å²) in [5, 5.41) is 6.62. The van der Waals surface area contributed by atoms with Crippen LogP contribution in [0.2, 0.25) is 5.02 Å². The number of likely N-dealkylation sites (N-methyl/N-ethyl adjacent to an activating group) is 1. The highest BCUT2D eigenvalue weighted by Crippen LogP contribution is 2.24. The summed E-state index contributed by atoms with van der Waals surface area (Å²) in [5.74, 6) is -0.320. The molecule has 0 saturated carbocycles. The number of carbonyl (C=O) groups excluding carboxylic acids is 1. The molecule has 1 amide bonds. The zero-order chi connectivity index (χ0) is 18.1. The lowest BCUT2D eigenvalue weighted by atomic mass is 10.2. The molecule has 0 aliphatic carbocycles. The van der Waals surface area contributed by atoms with Crippen molar-refractivity contribution >= 4 is 33.2 Å². The van der Waals surface area contributed by atoms with Crippen LogP contribution in [0.4, 0.5) is 5.69 Å². The number of rotatable bonds is 5. The lowest BCUT2D eigenvalue weighted by Gasteiger charge is -2.17. The number of nitrogens with zero attached hydrogens (tertiary/aromatic N) is 2. The van der Waals surface area contributed by atoms with Gasteiger partial charge in [0.15, 0.2) is 5.76 Å². The zero-order valence-corrected chi connectivity index (χ0v) is 15.3. The Morgan fingerprint density at radius 1 is 1.33 bits per heavy atom. The predicted octanol–water partition coefficient (Wildman–Crippen LogP) is 2.51. The zero-order valence-electron chi connectivity index (χ0n) is 13.8. The molecule has 1 heterocycles. The highest BCUT2D eigenvalue weighted by atomic mass is 35.5. The summed E-state index contributed by atoms with van der Waals surface area (Å²) in [6.07, 6.45) is 0. The van der Waals surface area contributed by atoms with Gasteiger partial charge in [0, 0.05) is 7.05 Å². The van der Waals surface area contributed by atoms with Crippen molar-refractivity contribution in [3.63, 3.8) is 0 Å². The van der Waals surface area contributed by atoms with Gasteiger partial charge in [-0.05, 0) is 38.5 Å². The Balaban J connectivity index is 2.14. The van der Waals surface area contributed by atoms with Crippen molar-refractivity contribution in [3.8, 4) is 0 Å². The first-order valence-electron chi connectivity index (χ1n) is 7.08. The maximum atomic E-state index is 12.6. The molecule has 1 aromatic carbocycles. The number of hydrogen-bond acceptors (Lipinski definition) is 5. The van der Waals surface area contributed by atoms with Crippen LogP contribution in [-0.2, 0) is 14.8 Å². The molecule has 0 atom stereocenters. The Morgan fingerprint density at radius 2 is 2.00 bits per heavy atom. The molecule has 0 bridgehead atoms. The number of nitrogens with one attached hydrogen (secondary N) is 1. The van der Waals surface area contributed by atoms with Gasteiger partial charge in [-0.1, -0.05) is 22.8 Å². The minimum Gasteiger partial charge on any atom is -0.360 e. The molecule has 0 radical (unpaired) electrons. The summed E-state index contributed by atoms with van der Waals surface area (Å²) in [4.78, 5) is 12.1. The van der Waals surface area contributed by atoms with Crippen molar-refractivity contribution in [2.45, 2.75) is 25.7 Å². The van der Waals surface area contributed by atoms with Gasteiger partial charge >= 0.3 is 0 Å². The average molecular weight is 372 g/mol. The standard InChI is InChI=1S/C15H18ClN3O4S/c1-9-5-6-13(12(16)7-9)17-14(20)8-19(4)24(21,22)15-10(2)18-23-11(15)3/h5-7H,8H2,1-4H3,(H,17,20). The summed E-state index contributed by atoms with van der Waals surface area (Å²) in [7, 11) is -2.56. The third kappa shape index (κ3) is 3.77. The summed E-state index contributed by atoms with van der Waals surface area (Å²) in [5.41, 5.74) is 1.63. The molecule has 0 unspecified atom stereocenters. The summed E-state index contributed by atoms with van der Waals surface area (Å²) in [6, 6.07) is 5.17. The SMILES string of the molecule is Cc1ccc(NC(=O)CN(C)S(=O)(=O)c2c(C)noc2C)c(Cl)c1. The van der Waals surface area contributed by atoms with E-state index < -0.39 is 15.9 Å². The molecule has 2 rings (SSSR count). The van der Waals surface area contributed by atoms with E-state index in [9.17, 15) is 13.2 Å². The Morgan fingerprint density at radius 3 is 2.54 bits per heavy atom. The number of amides is 1. The number of aryl methyl sites for hydroxylation is 3. The van der Waals surface area contributed by atoms with Crippen molar-refractivity contribution in [1.29, 1.82) is 0 Å². The molecule has 0 aliphatic rings. The molecule has 130 valence electrons. The molecular weight excluding hydrogens is 354 g/mol. The van der Waals surface area contributed by atoms with E-state index in [0.717, 1.165) is 9.87 Å². The lowest BCUT2D eigenvalue weighted by molar-refractivity contribution is -0.116.